The van der Waals surface area contributed by atoms with E-state index in [2.05, 4.69) is 5.32 Å². The Morgan fingerprint density at radius 3 is 2.11 bits per heavy atom. The standard InChI is InChI=1S/C16H19FN2/c1-16(2,18)15(12-6-4-3-5-7-12)19-14-10-8-13(17)9-11-14/h3-11,15,19H,18H2,1-2H3. The average molecular weight is 258 g/mol. The van der Waals surface area contributed by atoms with E-state index >= 15 is 0 Å². The molecule has 0 bridgehead atoms. The van der Waals surface area contributed by atoms with E-state index in [1.807, 2.05) is 44.2 Å². The van der Waals surface area contributed by atoms with Gasteiger partial charge in [0.2, 0.25) is 0 Å². The second kappa shape index (κ2) is 5.41. The smallest absolute Gasteiger partial charge is 0.123 e. The van der Waals surface area contributed by atoms with Crippen LogP contribution in [0.4, 0.5) is 10.1 Å². The summed E-state index contributed by atoms with van der Waals surface area (Å²) >= 11 is 0. The molecule has 0 fully saturated rings. The summed E-state index contributed by atoms with van der Waals surface area (Å²) in [4.78, 5) is 0. The fraction of sp³-hybridized carbons (Fsp3) is 0.250. The van der Waals surface area contributed by atoms with Crippen molar-refractivity contribution in [1.82, 2.24) is 0 Å². The molecule has 0 aliphatic rings. The molecule has 19 heavy (non-hydrogen) atoms. The summed E-state index contributed by atoms with van der Waals surface area (Å²) in [7, 11) is 0. The molecule has 3 N–H and O–H groups in total. The molecule has 0 aliphatic heterocycles. The highest BCUT2D eigenvalue weighted by molar-refractivity contribution is 5.46. The van der Waals surface area contributed by atoms with Gasteiger partial charge in [-0.3, -0.25) is 0 Å². The largest absolute Gasteiger partial charge is 0.376 e. The van der Waals surface area contributed by atoms with E-state index in [4.69, 9.17) is 5.73 Å². The van der Waals surface area contributed by atoms with Crippen molar-refractivity contribution >= 4 is 5.69 Å². The van der Waals surface area contributed by atoms with Crippen LogP contribution in [0.1, 0.15) is 25.5 Å². The molecular formula is C16H19FN2. The first kappa shape index (κ1) is 13.6. The van der Waals surface area contributed by atoms with Gasteiger partial charge in [-0.05, 0) is 43.7 Å². The van der Waals surface area contributed by atoms with Crippen molar-refractivity contribution in [1.29, 1.82) is 0 Å². The molecule has 0 spiro atoms. The number of halogens is 1. The monoisotopic (exact) mass is 258 g/mol. The summed E-state index contributed by atoms with van der Waals surface area (Å²) in [5.41, 5.74) is 7.78. The molecule has 100 valence electrons. The van der Waals surface area contributed by atoms with Crippen molar-refractivity contribution in [2.75, 3.05) is 5.32 Å². The molecule has 1 unspecified atom stereocenters. The van der Waals surface area contributed by atoms with E-state index in [0.29, 0.717) is 0 Å². The van der Waals surface area contributed by atoms with E-state index in [1.54, 1.807) is 12.1 Å². The molecule has 0 saturated carbocycles. The van der Waals surface area contributed by atoms with Gasteiger partial charge in [-0.25, -0.2) is 4.39 Å². The minimum Gasteiger partial charge on any atom is -0.376 e. The number of nitrogens with one attached hydrogen (secondary N) is 1. The van der Waals surface area contributed by atoms with Crippen LogP contribution in [0, 0.1) is 5.82 Å². The van der Waals surface area contributed by atoms with Crippen LogP contribution in [0.15, 0.2) is 54.6 Å². The summed E-state index contributed by atoms with van der Waals surface area (Å²) in [6, 6.07) is 16.3. The first-order valence-corrected chi connectivity index (χ1v) is 6.33. The topological polar surface area (TPSA) is 38.0 Å². The second-order valence-electron chi connectivity index (χ2n) is 5.32. The Morgan fingerprint density at radius 1 is 1.00 bits per heavy atom. The van der Waals surface area contributed by atoms with E-state index in [9.17, 15) is 4.39 Å². The van der Waals surface area contributed by atoms with Gasteiger partial charge in [-0.1, -0.05) is 30.3 Å². The maximum Gasteiger partial charge on any atom is 0.123 e. The molecule has 2 aromatic carbocycles. The summed E-state index contributed by atoms with van der Waals surface area (Å²) in [6.07, 6.45) is 0. The number of hydrogen-bond acceptors (Lipinski definition) is 2. The summed E-state index contributed by atoms with van der Waals surface area (Å²) < 4.78 is 12.9. The number of anilines is 1. The minimum absolute atomic E-state index is 0.0424. The molecule has 2 nitrogen and oxygen atoms in total. The lowest BCUT2D eigenvalue weighted by Crippen LogP contribution is -2.43. The number of rotatable bonds is 4. The number of hydrogen-bond donors (Lipinski definition) is 2. The first-order valence-electron chi connectivity index (χ1n) is 6.33. The highest BCUT2D eigenvalue weighted by Crippen LogP contribution is 2.27. The van der Waals surface area contributed by atoms with Crippen LogP contribution in [0.2, 0.25) is 0 Å². The van der Waals surface area contributed by atoms with Gasteiger partial charge in [0.25, 0.3) is 0 Å². The van der Waals surface area contributed by atoms with Gasteiger partial charge < -0.3 is 11.1 Å². The maximum atomic E-state index is 12.9. The van der Waals surface area contributed by atoms with Crippen molar-refractivity contribution in [3.05, 3.63) is 66.0 Å². The zero-order valence-corrected chi connectivity index (χ0v) is 11.2. The zero-order valence-electron chi connectivity index (χ0n) is 11.2. The van der Waals surface area contributed by atoms with Crippen molar-refractivity contribution in [3.63, 3.8) is 0 Å². The van der Waals surface area contributed by atoms with Gasteiger partial charge >= 0.3 is 0 Å². The van der Waals surface area contributed by atoms with Crippen LogP contribution in [0.5, 0.6) is 0 Å². The predicted octanol–water partition coefficient (Wildman–Crippen LogP) is 3.72. The van der Waals surface area contributed by atoms with Gasteiger partial charge in [0.05, 0.1) is 6.04 Å². The lowest BCUT2D eigenvalue weighted by molar-refractivity contribution is 0.444. The zero-order chi connectivity index (χ0) is 13.9. The van der Waals surface area contributed by atoms with E-state index in [1.165, 1.54) is 12.1 Å². The third-order valence-corrected chi connectivity index (χ3v) is 3.03. The molecule has 3 heteroatoms. The van der Waals surface area contributed by atoms with Crippen LogP contribution >= 0.6 is 0 Å². The van der Waals surface area contributed by atoms with Crippen LogP contribution in [-0.4, -0.2) is 5.54 Å². The third-order valence-electron chi connectivity index (χ3n) is 3.03. The van der Waals surface area contributed by atoms with Gasteiger partial charge in [0.15, 0.2) is 0 Å². The fourth-order valence-corrected chi connectivity index (χ4v) is 2.06. The molecule has 0 saturated heterocycles. The van der Waals surface area contributed by atoms with Crippen LogP contribution in [0.25, 0.3) is 0 Å². The van der Waals surface area contributed by atoms with Gasteiger partial charge in [0.1, 0.15) is 5.82 Å². The lowest BCUT2D eigenvalue weighted by Gasteiger charge is -2.32. The fourth-order valence-electron chi connectivity index (χ4n) is 2.06. The Labute approximate surface area is 113 Å². The number of nitrogens with two attached hydrogens (primary N) is 1. The molecular weight excluding hydrogens is 239 g/mol. The Hall–Kier alpha value is -1.87. The van der Waals surface area contributed by atoms with Gasteiger partial charge in [-0.2, -0.15) is 0 Å². The Balaban J connectivity index is 2.27. The highest BCUT2D eigenvalue weighted by atomic mass is 19.1. The SMILES string of the molecule is CC(C)(N)C(Nc1ccc(F)cc1)c1ccccc1. The van der Waals surface area contributed by atoms with Crippen molar-refractivity contribution in [3.8, 4) is 0 Å². The van der Waals surface area contributed by atoms with Crippen LogP contribution < -0.4 is 11.1 Å². The Morgan fingerprint density at radius 2 is 1.58 bits per heavy atom. The first-order chi connectivity index (χ1) is 8.97. The van der Waals surface area contributed by atoms with Gasteiger partial charge in [-0.15, -0.1) is 0 Å². The van der Waals surface area contributed by atoms with Crippen molar-refractivity contribution in [2.24, 2.45) is 5.73 Å². The maximum absolute atomic E-state index is 12.9. The Bertz CT molecular complexity index is 515. The average Bonchev–Trinajstić information content (AvgIpc) is 2.37. The Kier molecular flexibility index (Phi) is 3.86. The van der Waals surface area contributed by atoms with Crippen molar-refractivity contribution in [2.45, 2.75) is 25.4 Å². The second-order valence-corrected chi connectivity index (χ2v) is 5.32. The van der Waals surface area contributed by atoms with Crippen molar-refractivity contribution < 1.29 is 4.39 Å². The van der Waals surface area contributed by atoms with Gasteiger partial charge in [0, 0.05) is 11.2 Å². The number of benzene rings is 2. The van der Waals surface area contributed by atoms with Crippen LogP contribution in [0.3, 0.4) is 0 Å². The van der Waals surface area contributed by atoms with E-state index in [-0.39, 0.29) is 11.9 Å². The highest BCUT2D eigenvalue weighted by Gasteiger charge is 2.26. The van der Waals surface area contributed by atoms with E-state index in [0.717, 1.165) is 11.3 Å². The molecule has 2 aromatic rings. The normalized spacial score (nSPS) is 13.1. The molecule has 0 aromatic heterocycles. The molecule has 0 amide bonds. The minimum atomic E-state index is -0.435. The summed E-state index contributed by atoms with van der Waals surface area (Å²) in [5, 5.41) is 3.37. The summed E-state index contributed by atoms with van der Waals surface area (Å²) in [6.45, 7) is 3.95. The van der Waals surface area contributed by atoms with E-state index < -0.39 is 5.54 Å². The lowest BCUT2D eigenvalue weighted by atomic mass is 9.89. The third kappa shape index (κ3) is 3.55. The molecule has 2 rings (SSSR count). The predicted molar refractivity (Wildman–Crippen MR) is 77.5 cm³/mol. The molecule has 0 heterocycles. The molecule has 0 radical (unpaired) electrons. The quantitative estimate of drug-likeness (QED) is 0.877. The molecule has 1 atom stereocenters. The summed E-state index contributed by atoms with van der Waals surface area (Å²) in [5.74, 6) is -0.242. The van der Waals surface area contributed by atoms with Crippen LogP contribution in [-0.2, 0) is 0 Å². The molecule has 0 aliphatic carbocycles.